The van der Waals surface area contributed by atoms with E-state index in [-0.39, 0.29) is 44.2 Å². The Morgan fingerprint density at radius 2 is 1.80 bits per heavy atom. The highest BCUT2D eigenvalue weighted by Gasteiger charge is 2.27. The summed E-state index contributed by atoms with van der Waals surface area (Å²) in [5.74, 6) is 0.825. The summed E-state index contributed by atoms with van der Waals surface area (Å²) < 4.78 is 16.3. The van der Waals surface area contributed by atoms with Gasteiger partial charge in [0.1, 0.15) is 31.4 Å². The monoisotopic (exact) mass is 636 g/mol. The van der Waals surface area contributed by atoms with E-state index in [1.165, 1.54) is 0 Å². The second kappa shape index (κ2) is 17.4. The maximum absolute atomic E-state index is 12.3. The Morgan fingerprint density at radius 1 is 1.07 bits per heavy atom. The van der Waals surface area contributed by atoms with E-state index in [2.05, 4.69) is 41.8 Å². The predicted octanol–water partition coefficient (Wildman–Crippen LogP) is 2.66. The zero-order chi connectivity index (χ0) is 29.5. The molecule has 41 heavy (non-hydrogen) atoms. The molecule has 0 aliphatic heterocycles. The van der Waals surface area contributed by atoms with Crippen molar-refractivity contribution in [3.8, 4) is 5.75 Å². The van der Waals surface area contributed by atoms with Crippen molar-refractivity contribution < 1.29 is 33.7 Å². The fraction of sp³-hybridized carbons (Fsp3) is 0.519. The lowest BCUT2D eigenvalue weighted by Gasteiger charge is -2.29. The normalized spacial score (nSPS) is 12.7. The van der Waals surface area contributed by atoms with Crippen LogP contribution in [0.25, 0.3) is 0 Å². The van der Waals surface area contributed by atoms with Crippen LogP contribution in [-0.2, 0) is 23.9 Å². The van der Waals surface area contributed by atoms with E-state index < -0.39 is 12.6 Å². The zero-order valence-electron chi connectivity index (χ0n) is 23.1. The molecule has 1 heterocycles. The molecule has 3 rings (SSSR count). The first-order chi connectivity index (χ1) is 19.8. The van der Waals surface area contributed by atoms with Crippen LogP contribution in [0.15, 0.2) is 34.9 Å². The number of aliphatic carboxylic acids is 1. The lowest BCUT2D eigenvalue weighted by atomic mass is 9.84. The number of carbonyl (C=O) groups is 3. The van der Waals surface area contributed by atoms with Gasteiger partial charge in [0.05, 0.1) is 24.2 Å². The van der Waals surface area contributed by atoms with E-state index in [1.807, 2.05) is 24.1 Å². The van der Waals surface area contributed by atoms with Crippen LogP contribution >= 0.6 is 15.9 Å². The molecule has 1 aromatic carbocycles. The van der Waals surface area contributed by atoms with Gasteiger partial charge in [-0.3, -0.25) is 9.59 Å². The van der Waals surface area contributed by atoms with Crippen LogP contribution in [0.2, 0.25) is 0 Å². The number of amides is 2. The van der Waals surface area contributed by atoms with Crippen LogP contribution in [0.3, 0.4) is 0 Å². The Bertz CT molecular complexity index is 1130. The van der Waals surface area contributed by atoms with Crippen LogP contribution in [0.1, 0.15) is 25.7 Å². The minimum atomic E-state index is -1.06. The molecule has 0 spiro atoms. The minimum absolute atomic E-state index is 0.0991. The quantitative estimate of drug-likeness (QED) is 0.168. The highest BCUT2D eigenvalue weighted by Crippen LogP contribution is 2.28. The van der Waals surface area contributed by atoms with Gasteiger partial charge in [0.25, 0.3) is 0 Å². The van der Waals surface area contributed by atoms with Gasteiger partial charge in [0.2, 0.25) is 17.8 Å². The number of nitrogens with one attached hydrogen (secondary N) is 3. The number of hydrogen-bond acceptors (Lipinski definition) is 10. The molecule has 2 amide bonds. The number of benzene rings is 1. The van der Waals surface area contributed by atoms with E-state index in [1.54, 1.807) is 18.3 Å². The lowest BCUT2D eigenvalue weighted by Crippen LogP contribution is -2.37. The Labute approximate surface area is 247 Å². The van der Waals surface area contributed by atoms with Crippen LogP contribution in [0.5, 0.6) is 5.75 Å². The Balaban J connectivity index is 1.31. The summed E-state index contributed by atoms with van der Waals surface area (Å²) >= 11 is 3.48. The number of anilines is 3. The number of ether oxygens (including phenoxy) is 3. The second-order valence-electron chi connectivity index (χ2n) is 9.40. The molecular weight excluding hydrogens is 600 g/mol. The third kappa shape index (κ3) is 11.9. The third-order valence-corrected chi connectivity index (χ3v) is 6.75. The van der Waals surface area contributed by atoms with Crippen molar-refractivity contribution in [3.63, 3.8) is 0 Å². The van der Waals surface area contributed by atoms with E-state index in [4.69, 9.17) is 19.3 Å². The molecule has 14 heteroatoms. The van der Waals surface area contributed by atoms with E-state index >= 15 is 0 Å². The molecule has 0 bridgehead atoms. The summed E-state index contributed by atoms with van der Waals surface area (Å²) in [6.07, 6.45) is 5.65. The zero-order valence-corrected chi connectivity index (χ0v) is 24.7. The smallest absolute Gasteiger partial charge is 0.329 e. The van der Waals surface area contributed by atoms with Gasteiger partial charge in [0, 0.05) is 37.9 Å². The number of halogens is 1. The van der Waals surface area contributed by atoms with Crippen LogP contribution < -0.4 is 20.7 Å². The van der Waals surface area contributed by atoms with Gasteiger partial charge >= 0.3 is 5.97 Å². The summed E-state index contributed by atoms with van der Waals surface area (Å²) in [6, 6.07) is 7.26. The number of aromatic nitrogens is 2. The Hall–Kier alpha value is -3.49. The SMILES string of the molecule is CN(CCCNc1nc(Nc2ccc(OCCNC(=O)COCCOCC(=O)O)cc2)ncc1Br)C(=O)C1CCC1. The molecule has 1 aliphatic carbocycles. The predicted molar refractivity (Wildman–Crippen MR) is 155 cm³/mol. The summed E-state index contributed by atoms with van der Waals surface area (Å²) in [6.45, 7) is 1.61. The highest BCUT2D eigenvalue weighted by atomic mass is 79.9. The van der Waals surface area contributed by atoms with Gasteiger partial charge in [-0.05, 0) is 59.5 Å². The molecular formula is C27H37BrN6O7. The number of hydrogen-bond donors (Lipinski definition) is 4. The third-order valence-electron chi connectivity index (χ3n) is 6.17. The van der Waals surface area contributed by atoms with Crippen LogP contribution in [0.4, 0.5) is 17.5 Å². The lowest BCUT2D eigenvalue weighted by molar-refractivity contribution is -0.143. The Kier molecular flexibility index (Phi) is 13.6. The van der Waals surface area contributed by atoms with Gasteiger partial charge < -0.3 is 40.2 Å². The molecule has 0 atom stereocenters. The van der Waals surface area contributed by atoms with Gasteiger partial charge in [-0.15, -0.1) is 0 Å². The molecule has 224 valence electrons. The molecule has 0 radical (unpaired) electrons. The molecule has 0 saturated heterocycles. The standard InChI is InChI=1S/C27H37BrN6O7/c1-34(26(38)19-4-2-5-19)12-3-10-30-25-22(28)16-31-27(33-25)32-20-6-8-21(9-7-20)41-13-11-29-23(35)17-39-14-15-40-18-24(36)37/h6-9,16,19H,2-5,10-15,17-18H2,1H3,(H,29,35)(H,36,37)(H2,30,31,32,33). The summed E-state index contributed by atoms with van der Waals surface area (Å²) in [4.78, 5) is 45.0. The average molecular weight is 638 g/mol. The van der Waals surface area contributed by atoms with Crippen molar-refractivity contribution >= 4 is 51.2 Å². The fourth-order valence-electron chi connectivity index (χ4n) is 3.77. The number of rotatable bonds is 19. The van der Waals surface area contributed by atoms with Crippen molar-refractivity contribution in [2.45, 2.75) is 25.7 Å². The van der Waals surface area contributed by atoms with Gasteiger partial charge in [-0.1, -0.05) is 6.42 Å². The molecule has 1 fully saturated rings. The second-order valence-corrected chi connectivity index (χ2v) is 10.3. The molecule has 1 aromatic heterocycles. The van der Waals surface area contributed by atoms with Crippen molar-refractivity contribution in [2.75, 3.05) is 70.3 Å². The number of carboxylic acids is 1. The topological polar surface area (TPSA) is 164 Å². The van der Waals surface area contributed by atoms with E-state index in [9.17, 15) is 14.4 Å². The molecule has 13 nitrogen and oxygen atoms in total. The van der Waals surface area contributed by atoms with Crippen molar-refractivity contribution in [3.05, 3.63) is 34.9 Å². The van der Waals surface area contributed by atoms with Crippen LogP contribution in [-0.4, -0.2) is 97.5 Å². The first-order valence-corrected chi connectivity index (χ1v) is 14.3. The van der Waals surface area contributed by atoms with Crippen molar-refractivity contribution in [1.82, 2.24) is 20.2 Å². The maximum atomic E-state index is 12.3. The largest absolute Gasteiger partial charge is 0.492 e. The summed E-state index contributed by atoms with van der Waals surface area (Å²) in [5.41, 5.74) is 0.777. The first-order valence-electron chi connectivity index (χ1n) is 13.5. The van der Waals surface area contributed by atoms with Gasteiger partial charge in [-0.25, -0.2) is 9.78 Å². The summed E-state index contributed by atoms with van der Waals surface area (Å²) in [5, 5.41) is 17.6. The molecule has 0 unspecified atom stereocenters. The Morgan fingerprint density at radius 3 is 2.49 bits per heavy atom. The number of carboxylic acid groups (broad SMARTS) is 1. The fourth-order valence-corrected chi connectivity index (χ4v) is 4.10. The van der Waals surface area contributed by atoms with Crippen molar-refractivity contribution in [2.24, 2.45) is 5.92 Å². The molecule has 1 aliphatic rings. The maximum Gasteiger partial charge on any atom is 0.329 e. The highest BCUT2D eigenvalue weighted by molar-refractivity contribution is 9.10. The molecule has 4 N–H and O–H groups in total. The average Bonchev–Trinajstić information content (AvgIpc) is 2.92. The molecule has 1 saturated carbocycles. The van der Waals surface area contributed by atoms with Gasteiger partial charge in [-0.2, -0.15) is 4.98 Å². The van der Waals surface area contributed by atoms with E-state index in [0.29, 0.717) is 37.1 Å². The summed E-state index contributed by atoms with van der Waals surface area (Å²) in [7, 11) is 1.86. The first kappa shape index (κ1) is 32.0. The van der Waals surface area contributed by atoms with Gasteiger partial charge in [0.15, 0.2) is 0 Å². The molecule has 2 aromatic rings. The number of nitrogens with zero attached hydrogens (tertiary/aromatic N) is 3. The minimum Gasteiger partial charge on any atom is -0.492 e. The van der Waals surface area contributed by atoms with E-state index in [0.717, 1.165) is 35.8 Å². The number of carbonyl (C=O) groups excluding carboxylic acids is 2. The van der Waals surface area contributed by atoms with Crippen molar-refractivity contribution in [1.29, 1.82) is 0 Å². The van der Waals surface area contributed by atoms with Crippen LogP contribution in [0, 0.1) is 5.92 Å².